The number of nitrogens with one attached hydrogen (secondary N) is 1. The summed E-state index contributed by atoms with van der Waals surface area (Å²) in [5, 5.41) is 0. The molecule has 2 rings (SSSR count). The molecule has 13 heavy (non-hydrogen) atoms. The summed E-state index contributed by atoms with van der Waals surface area (Å²) >= 11 is 4.32. The van der Waals surface area contributed by atoms with Gasteiger partial charge in [-0.3, -0.25) is 0 Å². The van der Waals surface area contributed by atoms with E-state index >= 15 is 0 Å². The molecule has 0 bridgehead atoms. The minimum atomic E-state index is 0. The Morgan fingerprint density at radius 2 is 2.00 bits per heavy atom. The first-order chi connectivity index (χ1) is 5.88. The Morgan fingerprint density at radius 1 is 1.23 bits per heavy atom. The summed E-state index contributed by atoms with van der Waals surface area (Å²) in [6.07, 6.45) is 3.53. The molecule has 0 spiro atoms. The van der Waals surface area contributed by atoms with E-state index in [-0.39, 0.29) is 19.5 Å². The average molecular weight is 242 g/mol. The number of benzene rings is 1. The third-order valence-corrected chi connectivity index (χ3v) is 2.05. The SMILES string of the molecule is Sc1ccccc1-c1ncc[nH]1.[Zn]. The number of nitrogens with zero attached hydrogens (tertiary/aromatic N) is 1. The molecule has 0 amide bonds. The van der Waals surface area contributed by atoms with E-state index in [1.54, 1.807) is 12.4 Å². The minimum Gasteiger partial charge on any atom is -0.345 e. The largest absolute Gasteiger partial charge is 0.345 e. The van der Waals surface area contributed by atoms with E-state index in [1.165, 1.54) is 0 Å². The van der Waals surface area contributed by atoms with Crippen molar-refractivity contribution in [3.05, 3.63) is 36.7 Å². The molecular formula is C9H8N2SZn. The van der Waals surface area contributed by atoms with Gasteiger partial charge >= 0.3 is 0 Å². The van der Waals surface area contributed by atoms with Crippen LogP contribution in [0.3, 0.4) is 0 Å². The molecular weight excluding hydrogens is 234 g/mol. The summed E-state index contributed by atoms with van der Waals surface area (Å²) in [5.41, 5.74) is 1.03. The van der Waals surface area contributed by atoms with E-state index in [4.69, 9.17) is 0 Å². The fourth-order valence-corrected chi connectivity index (χ4v) is 1.35. The van der Waals surface area contributed by atoms with Crippen LogP contribution in [0.5, 0.6) is 0 Å². The Labute approximate surface area is 95.0 Å². The second-order valence-corrected chi connectivity index (χ2v) is 2.94. The Balaban J connectivity index is 0.000000845. The zero-order valence-corrected chi connectivity index (χ0v) is 10.9. The second kappa shape index (κ2) is 4.59. The normalized spacial score (nSPS) is 9.31. The van der Waals surface area contributed by atoms with Crippen LogP contribution in [0, 0.1) is 0 Å². The van der Waals surface area contributed by atoms with Crippen molar-refractivity contribution in [3.63, 3.8) is 0 Å². The molecule has 0 fully saturated rings. The predicted molar refractivity (Wildman–Crippen MR) is 51.3 cm³/mol. The van der Waals surface area contributed by atoms with Gasteiger partial charge in [0.25, 0.3) is 0 Å². The number of aromatic nitrogens is 2. The summed E-state index contributed by atoms with van der Waals surface area (Å²) in [6.45, 7) is 0. The van der Waals surface area contributed by atoms with E-state index < -0.39 is 0 Å². The van der Waals surface area contributed by atoms with Crippen molar-refractivity contribution in [1.82, 2.24) is 9.97 Å². The molecule has 2 nitrogen and oxygen atoms in total. The van der Waals surface area contributed by atoms with Gasteiger partial charge in [0.1, 0.15) is 5.82 Å². The van der Waals surface area contributed by atoms with E-state index in [9.17, 15) is 0 Å². The third-order valence-electron chi connectivity index (χ3n) is 1.66. The molecule has 0 aliphatic carbocycles. The molecule has 0 radical (unpaired) electrons. The van der Waals surface area contributed by atoms with Gasteiger partial charge in [0.05, 0.1) is 0 Å². The van der Waals surface area contributed by atoms with Crippen molar-refractivity contribution < 1.29 is 19.5 Å². The molecule has 0 saturated heterocycles. The van der Waals surface area contributed by atoms with Gasteiger partial charge in [-0.2, -0.15) is 0 Å². The topological polar surface area (TPSA) is 28.7 Å². The quantitative estimate of drug-likeness (QED) is 0.582. The van der Waals surface area contributed by atoms with Crippen LogP contribution in [0.4, 0.5) is 0 Å². The minimum absolute atomic E-state index is 0. The van der Waals surface area contributed by atoms with Gasteiger partial charge in [0.15, 0.2) is 0 Å². The van der Waals surface area contributed by atoms with Gasteiger partial charge in [0, 0.05) is 42.3 Å². The molecule has 4 heteroatoms. The molecule has 0 unspecified atom stereocenters. The van der Waals surface area contributed by atoms with Crippen LogP contribution in [0.1, 0.15) is 0 Å². The van der Waals surface area contributed by atoms with Crippen LogP contribution in [-0.4, -0.2) is 9.97 Å². The van der Waals surface area contributed by atoms with E-state index in [1.807, 2.05) is 24.3 Å². The van der Waals surface area contributed by atoms with E-state index in [0.717, 1.165) is 16.3 Å². The summed E-state index contributed by atoms with van der Waals surface area (Å²) in [4.78, 5) is 8.11. The Morgan fingerprint density at radius 3 is 2.62 bits per heavy atom. The second-order valence-electron chi connectivity index (χ2n) is 2.45. The zero-order valence-electron chi connectivity index (χ0n) is 7.07. The standard InChI is InChI=1S/C9H8N2S.Zn/c12-8-4-2-1-3-7(8)9-10-5-6-11-9;/h1-6,12H,(H,10,11);. The van der Waals surface area contributed by atoms with Gasteiger partial charge in [-0.25, -0.2) is 4.98 Å². The van der Waals surface area contributed by atoms with Crippen molar-refractivity contribution in [2.75, 3.05) is 0 Å². The Hall–Kier alpha value is -0.597. The van der Waals surface area contributed by atoms with Crippen molar-refractivity contribution in [1.29, 1.82) is 0 Å². The van der Waals surface area contributed by atoms with Crippen molar-refractivity contribution in [3.8, 4) is 11.4 Å². The van der Waals surface area contributed by atoms with E-state index in [0.29, 0.717) is 0 Å². The fraction of sp³-hybridized carbons (Fsp3) is 0. The monoisotopic (exact) mass is 240 g/mol. The first-order valence-corrected chi connectivity index (χ1v) is 4.10. The number of imidazole rings is 1. The summed E-state index contributed by atoms with van der Waals surface area (Å²) < 4.78 is 0. The molecule has 0 aliphatic rings. The molecule has 1 aromatic heterocycles. The number of thiol groups is 1. The van der Waals surface area contributed by atoms with Crippen LogP contribution < -0.4 is 0 Å². The van der Waals surface area contributed by atoms with E-state index in [2.05, 4.69) is 22.6 Å². The Kier molecular flexibility index (Phi) is 3.70. The smallest absolute Gasteiger partial charge is 0.138 e. The first kappa shape index (κ1) is 10.5. The molecule has 0 atom stereocenters. The predicted octanol–water partition coefficient (Wildman–Crippen LogP) is 2.36. The number of H-pyrrole nitrogens is 1. The van der Waals surface area contributed by atoms with Crippen LogP contribution in [0.2, 0.25) is 0 Å². The van der Waals surface area contributed by atoms with Gasteiger partial charge in [-0.15, -0.1) is 12.6 Å². The average Bonchev–Trinajstić information content (AvgIpc) is 2.57. The molecule has 2 aromatic rings. The maximum atomic E-state index is 4.32. The first-order valence-electron chi connectivity index (χ1n) is 3.65. The van der Waals surface area contributed by atoms with Gasteiger partial charge in [0.2, 0.25) is 0 Å². The Bertz CT molecular complexity index is 373. The van der Waals surface area contributed by atoms with Gasteiger partial charge in [-0.05, 0) is 6.07 Å². The van der Waals surface area contributed by atoms with Crippen LogP contribution >= 0.6 is 12.6 Å². The molecule has 62 valence electrons. The van der Waals surface area contributed by atoms with Gasteiger partial charge < -0.3 is 4.98 Å². The van der Waals surface area contributed by atoms with Gasteiger partial charge in [-0.1, -0.05) is 18.2 Å². The third kappa shape index (κ3) is 2.20. The number of hydrogen-bond acceptors (Lipinski definition) is 2. The summed E-state index contributed by atoms with van der Waals surface area (Å²) in [5.74, 6) is 0.862. The fourth-order valence-electron chi connectivity index (χ4n) is 1.09. The number of rotatable bonds is 1. The number of hydrogen-bond donors (Lipinski definition) is 2. The molecule has 1 aromatic carbocycles. The van der Waals surface area contributed by atoms with Crippen LogP contribution in [0.15, 0.2) is 41.6 Å². The zero-order chi connectivity index (χ0) is 8.39. The van der Waals surface area contributed by atoms with Crippen molar-refractivity contribution >= 4 is 12.6 Å². The molecule has 1 heterocycles. The molecule has 1 N–H and O–H groups in total. The molecule has 0 saturated carbocycles. The number of aromatic amines is 1. The molecule has 0 aliphatic heterocycles. The summed E-state index contributed by atoms with van der Waals surface area (Å²) in [6, 6.07) is 7.86. The maximum absolute atomic E-state index is 4.32. The van der Waals surface area contributed by atoms with Crippen molar-refractivity contribution in [2.24, 2.45) is 0 Å². The van der Waals surface area contributed by atoms with Crippen LogP contribution in [0.25, 0.3) is 11.4 Å². The summed E-state index contributed by atoms with van der Waals surface area (Å²) in [7, 11) is 0. The maximum Gasteiger partial charge on any atom is 0.138 e. The van der Waals surface area contributed by atoms with Crippen LogP contribution in [-0.2, 0) is 19.5 Å². The van der Waals surface area contributed by atoms with Crippen molar-refractivity contribution in [2.45, 2.75) is 4.90 Å².